The van der Waals surface area contributed by atoms with Crippen LogP contribution in [-0.4, -0.2) is 18.2 Å². The minimum atomic E-state index is -0.730. The zero-order chi connectivity index (χ0) is 11.0. The standard InChI is InChI=1S/C11H11ClO3/c1-15-10-3-2-6(4-9(10)12)7-5-8(7)11(13)14/h2-4,7-8H,5H2,1H3,(H,13,14). The number of halogens is 1. The molecular weight excluding hydrogens is 216 g/mol. The number of hydrogen-bond donors (Lipinski definition) is 1. The predicted molar refractivity (Wildman–Crippen MR) is 56.5 cm³/mol. The second kappa shape index (κ2) is 3.74. The van der Waals surface area contributed by atoms with Gasteiger partial charge in [-0.1, -0.05) is 17.7 Å². The number of ether oxygens (including phenoxy) is 1. The second-order valence-electron chi connectivity index (χ2n) is 3.68. The number of aliphatic carboxylic acids is 1. The van der Waals surface area contributed by atoms with Gasteiger partial charge in [0.1, 0.15) is 5.75 Å². The third-order valence-electron chi connectivity index (χ3n) is 2.71. The summed E-state index contributed by atoms with van der Waals surface area (Å²) in [6.07, 6.45) is 0.706. The van der Waals surface area contributed by atoms with Crippen molar-refractivity contribution in [3.8, 4) is 5.75 Å². The molecule has 0 amide bonds. The van der Waals surface area contributed by atoms with E-state index in [9.17, 15) is 4.79 Å². The second-order valence-corrected chi connectivity index (χ2v) is 4.09. The summed E-state index contributed by atoms with van der Waals surface area (Å²) in [4.78, 5) is 10.7. The van der Waals surface area contributed by atoms with E-state index in [2.05, 4.69) is 0 Å². The maximum atomic E-state index is 10.7. The van der Waals surface area contributed by atoms with Crippen LogP contribution in [0.3, 0.4) is 0 Å². The van der Waals surface area contributed by atoms with Crippen LogP contribution in [0.25, 0.3) is 0 Å². The van der Waals surface area contributed by atoms with Crippen molar-refractivity contribution >= 4 is 17.6 Å². The predicted octanol–water partition coefficient (Wildman–Crippen LogP) is 2.54. The number of carboxylic acid groups (broad SMARTS) is 1. The van der Waals surface area contributed by atoms with Crippen molar-refractivity contribution in [3.05, 3.63) is 28.8 Å². The van der Waals surface area contributed by atoms with Gasteiger partial charge in [-0.05, 0) is 30.0 Å². The molecule has 0 bridgehead atoms. The molecule has 1 aliphatic carbocycles. The Labute approximate surface area is 92.6 Å². The Morgan fingerprint density at radius 2 is 2.33 bits per heavy atom. The molecule has 3 nitrogen and oxygen atoms in total. The van der Waals surface area contributed by atoms with E-state index in [0.29, 0.717) is 17.2 Å². The molecule has 0 aliphatic heterocycles. The van der Waals surface area contributed by atoms with Crippen molar-refractivity contribution in [2.45, 2.75) is 12.3 Å². The maximum Gasteiger partial charge on any atom is 0.307 e. The van der Waals surface area contributed by atoms with E-state index in [-0.39, 0.29) is 11.8 Å². The molecule has 1 aromatic rings. The van der Waals surface area contributed by atoms with Gasteiger partial charge >= 0.3 is 5.97 Å². The molecule has 1 saturated carbocycles. The molecule has 2 atom stereocenters. The molecule has 15 heavy (non-hydrogen) atoms. The van der Waals surface area contributed by atoms with Crippen molar-refractivity contribution in [1.29, 1.82) is 0 Å². The van der Waals surface area contributed by atoms with Crippen LogP contribution in [0.2, 0.25) is 5.02 Å². The molecule has 80 valence electrons. The van der Waals surface area contributed by atoms with E-state index in [4.69, 9.17) is 21.4 Å². The molecule has 4 heteroatoms. The van der Waals surface area contributed by atoms with Gasteiger partial charge in [-0.25, -0.2) is 0 Å². The van der Waals surface area contributed by atoms with Gasteiger partial charge in [0.2, 0.25) is 0 Å². The van der Waals surface area contributed by atoms with Crippen LogP contribution >= 0.6 is 11.6 Å². The number of carboxylic acids is 1. The zero-order valence-corrected chi connectivity index (χ0v) is 8.99. The molecule has 0 heterocycles. The van der Waals surface area contributed by atoms with Gasteiger partial charge in [-0.2, -0.15) is 0 Å². The van der Waals surface area contributed by atoms with Gasteiger partial charge in [-0.3, -0.25) is 4.79 Å². The van der Waals surface area contributed by atoms with Gasteiger partial charge in [0.25, 0.3) is 0 Å². The fraction of sp³-hybridized carbons (Fsp3) is 0.364. The van der Waals surface area contributed by atoms with Crippen molar-refractivity contribution in [2.75, 3.05) is 7.11 Å². The van der Waals surface area contributed by atoms with E-state index < -0.39 is 5.97 Å². The molecule has 1 aromatic carbocycles. The average Bonchev–Trinajstić information content (AvgIpc) is 2.97. The summed E-state index contributed by atoms with van der Waals surface area (Å²) in [5.74, 6) is -0.236. The smallest absolute Gasteiger partial charge is 0.307 e. The van der Waals surface area contributed by atoms with E-state index in [1.807, 2.05) is 6.07 Å². The van der Waals surface area contributed by atoms with Crippen molar-refractivity contribution in [3.63, 3.8) is 0 Å². The molecule has 1 fully saturated rings. The Bertz CT molecular complexity index is 403. The van der Waals surface area contributed by atoms with Crippen LogP contribution < -0.4 is 4.74 Å². The van der Waals surface area contributed by atoms with Crippen molar-refractivity contribution in [1.82, 2.24) is 0 Å². The highest BCUT2D eigenvalue weighted by molar-refractivity contribution is 6.32. The van der Waals surface area contributed by atoms with Crippen molar-refractivity contribution in [2.24, 2.45) is 5.92 Å². The zero-order valence-electron chi connectivity index (χ0n) is 8.24. The van der Waals surface area contributed by atoms with Crippen molar-refractivity contribution < 1.29 is 14.6 Å². The van der Waals surface area contributed by atoms with Gasteiger partial charge in [0, 0.05) is 0 Å². The van der Waals surface area contributed by atoms with Gasteiger partial charge in [0.05, 0.1) is 18.1 Å². The van der Waals surface area contributed by atoms with Crippen LogP contribution in [-0.2, 0) is 4.79 Å². The van der Waals surface area contributed by atoms with Crippen LogP contribution in [0.5, 0.6) is 5.75 Å². The summed E-state index contributed by atoms with van der Waals surface area (Å²) in [5, 5.41) is 9.33. The lowest BCUT2D eigenvalue weighted by Gasteiger charge is -2.04. The Hall–Kier alpha value is -1.22. The average molecular weight is 227 g/mol. The number of benzene rings is 1. The lowest BCUT2D eigenvalue weighted by Crippen LogP contribution is -1.98. The first-order valence-electron chi connectivity index (χ1n) is 4.69. The van der Waals surface area contributed by atoms with E-state index in [0.717, 1.165) is 5.56 Å². The summed E-state index contributed by atoms with van der Waals surface area (Å²) >= 11 is 5.96. The quantitative estimate of drug-likeness (QED) is 0.862. The maximum absolute atomic E-state index is 10.7. The molecular formula is C11H11ClO3. The molecule has 1 N–H and O–H groups in total. The third kappa shape index (κ3) is 1.92. The highest BCUT2D eigenvalue weighted by Gasteiger charge is 2.44. The number of hydrogen-bond acceptors (Lipinski definition) is 2. The normalized spacial score (nSPS) is 23.6. The summed E-state index contributed by atoms with van der Waals surface area (Å²) < 4.78 is 5.03. The third-order valence-corrected chi connectivity index (χ3v) is 3.01. The van der Waals surface area contributed by atoms with Gasteiger partial charge in [0.15, 0.2) is 0 Å². The largest absolute Gasteiger partial charge is 0.495 e. The fourth-order valence-electron chi connectivity index (χ4n) is 1.75. The van der Waals surface area contributed by atoms with Gasteiger partial charge in [-0.15, -0.1) is 0 Å². The van der Waals surface area contributed by atoms with Crippen LogP contribution in [0.1, 0.15) is 17.9 Å². The summed E-state index contributed by atoms with van der Waals surface area (Å²) in [5.41, 5.74) is 0.980. The molecule has 2 unspecified atom stereocenters. The SMILES string of the molecule is COc1ccc(C2CC2C(=O)O)cc1Cl. The Morgan fingerprint density at radius 3 is 2.80 bits per heavy atom. The number of carbonyl (C=O) groups is 1. The lowest BCUT2D eigenvalue weighted by atomic mass is 10.1. The lowest BCUT2D eigenvalue weighted by molar-refractivity contribution is -0.138. The Kier molecular flexibility index (Phi) is 2.57. The topological polar surface area (TPSA) is 46.5 Å². The molecule has 2 rings (SSSR count). The van der Waals surface area contributed by atoms with Crippen LogP contribution in [0.15, 0.2) is 18.2 Å². The summed E-state index contributed by atoms with van der Waals surface area (Å²) in [6.45, 7) is 0. The summed E-state index contributed by atoms with van der Waals surface area (Å²) in [7, 11) is 1.55. The molecule has 1 aliphatic rings. The van der Waals surface area contributed by atoms with E-state index >= 15 is 0 Å². The Morgan fingerprint density at radius 1 is 1.60 bits per heavy atom. The summed E-state index contributed by atoms with van der Waals surface area (Å²) in [6, 6.07) is 5.43. The molecule has 0 radical (unpaired) electrons. The first-order valence-corrected chi connectivity index (χ1v) is 5.07. The van der Waals surface area contributed by atoms with Crippen LogP contribution in [0.4, 0.5) is 0 Å². The minimum Gasteiger partial charge on any atom is -0.495 e. The first kappa shape index (κ1) is 10.3. The minimum absolute atomic E-state index is 0.117. The van der Waals surface area contributed by atoms with Gasteiger partial charge < -0.3 is 9.84 Å². The Balaban J connectivity index is 2.18. The molecule has 0 spiro atoms. The highest BCUT2D eigenvalue weighted by atomic mass is 35.5. The monoisotopic (exact) mass is 226 g/mol. The molecule has 0 aromatic heterocycles. The number of methoxy groups -OCH3 is 1. The van der Waals surface area contributed by atoms with E-state index in [1.54, 1.807) is 19.2 Å². The molecule has 0 saturated heterocycles. The van der Waals surface area contributed by atoms with Crippen LogP contribution in [0, 0.1) is 5.92 Å². The van der Waals surface area contributed by atoms with E-state index in [1.165, 1.54) is 0 Å². The number of rotatable bonds is 3. The first-order chi connectivity index (χ1) is 7.13. The fourth-order valence-corrected chi connectivity index (χ4v) is 2.02. The highest BCUT2D eigenvalue weighted by Crippen LogP contribution is 2.48.